The highest BCUT2D eigenvalue weighted by atomic mass is 35.5. The highest BCUT2D eigenvalue weighted by Gasteiger charge is 2.12. The molecule has 0 heterocycles. The van der Waals surface area contributed by atoms with Crippen LogP contribution < -0.4 is 15.8 Å². The Bertz CT molecular complexity index is 1050. The maximum atomic E-state index is 13.8. The van der Waals surface area contributed by atoms with Crippen molar-refractivity contribution in [1.29, 1.82) is 0 Å². The van der Waals surface area contributed by atoms with Crippen LogP contribution in [0.4, 0.5) is 4.39 Å². The highest BCUT2D eigenvalue weighted by Crippen LogP contribution is 2.32. The van der Waals surface area contributed by atoms with Gasteiger partial charge in [0.1, 0.15) is 11.4 Å². The number of halogens is 2. The molecule has 3 rings (SSSR count). The molecule has 0 unspecified atom stereocenters. The van der Waals surface area contributed by atoms with Gasteiger partial charge in [0, 0.05) is 5.56 Å². The SMILES string of the molecule is NC(=O)/C(=C\c1ccc(Oc2c(F)cccc2Cl)cc1)NC(=O)c1ccccc1. The molecule has 0 spiro atoms. The number of primary amides is 1. The summed E-state index contributed by atoms with van der Waals surface area (Å²) in [5.74, 6) is -1.55. The van der Waals surface area contributed by atoms with Crippen LogP contribution in [0.5, 0.6) is 11.5 Å². The third-order valence-corrected chi connectivity index (χ3v) is 4.18. The fourth-order valence-corrected chi connectivity index (χ4v) is 2.65. The Kier molecular flexibility index (Phi) is 6.26. The van der Waals surface area contributed by atoms with Crippen molar-refractivity contribution < 1.29 is 18.7 Å². The van der Waals surface area contributed by atoms with Gasteiger partial charge < -0.3 is 15.8 Å². The number of amides is 2. The van der Waals surface area contributed by atoms with E-state index in [-0.39, 0.29) is 16.5 Å². The lowest BCUT2D eigenvalue weighted by Crippen LogP contribution is -2.31. The molecular weight excluding hydrogens is 395 g/mol. The van der Waals surface area contributed by atoms with Gasteiger partial charge in [-0.05, 0) is 48.0 Å². The molecule has 3 N–H and O–H groups in total. The van der Waals surface area contributed by atoms with Crippen LogP contribution in [0.3, 0.4) is 0 Å². The number of para-hydroxylation sites is 1. The maximum Gasteiger partial charge on any atom is 0.265 e. The Morgan fingerprint density at radius 1 is 0.966 bits per heavy atom. The largest absolute Gasteiger partial charge is 0.453 e. The van der Waals surface area contributed by atoms with E-state index in [9.17, 15) is 14.0 Å². The first kappa shape index (κ1) is 20.1. The lowest BCUT2D eigenvalue weighted by Gasteiger charge is -2.09. The van der Waals surface area contributed by atoms with Crippen LogP contribution in [0.15, 0.2) is 78.5 Å². The zero-order valence-corrected chi connectivity index (χ0v) is 15.8. The summed E-state index contributed by atoms with van der Waals surface area (Å²) in [7, 11) is 0. The van der Waals surface area contributed by atoms with Crippen LogP contribution in [-0.2, 0) is 4.79 Å². The minimum Gasteiger partial charge on any atom is -0.453 e. The number of nitrogens with two attached hydrogens (primary N) is 1. The Labute approximate surface area is 171 Å². The minimum atomic E-state index is -0.784. The van der Waals surface area contributed by atoms with E-state index in [2.05, 4.69) is 5.32 Å². The quantitative estimate of drug-likeness (QED) is 0.586. The molecule has 0 saturated carbocycles. The summed E-state index contributed by atoms with van der Waals surface area (Å²) >= 11 is 5.95. The van der Waals surface area contributed by atoms with Gasteiger partial charge >= 0.3 is 0 Å². The summed E-state index contributed by atoms with van der Waals surface area (Å²) < 4.78 is 19.3. The first-order valence-electron chi connectivity index (χ1n) is 8.54. The van der Waals surface area contributed by atoms with Gasteiger partial charge in [0.25, 0.3) is 11.8 Å². The van der Waals surface area contributed by atoms with E-state index in [1.165, 1.54) is 24.3 Å². The molecule has 0 atom stereocenters. The number of nitrogens with one attached hydrogen (secondary N) is 1. The van der Waals surface area contributed by atoms with Crippen LogP contribution in [0.2, 0.25) is 5.02 Å². The van der Waals surface area contributed by atoms with E-state index in [1.54, 1.807) is 54.6 Å². The number of carbonyl (C=O) groups excluding carboxylic acids is 2. The van der Waals surface area contributed by atoms with Crippen molar-refractivity contribution >= 4 is 29.5 Å². The molecule has 3 aromatic rings. The predicted molar refractivity (Wildman–Crippen MR) is 109 cm³/mol. The van der Waals surface area contributed by atoms with Crippen LogP contribution in [0.25, 0.3) is 6.08 Å². The van der Waals surface area contributed by atoms with E-state index in [0.29, 0.717) is 16.9 Å². The van der Waals surface area contributed by atoms with Crippen molar-refractivity contribution in [3.05, 3.63) is 100 Å². The van der Waals surface area contributed by atoms with E-state index >= 15 is 0 Å². The van der Waals surface area contributed by atoms with Gasteiger partial charge in [-0.1, -0.05) is 48.0 Å². The average Bonchev–Trinajstić information content (AvgIpc) is 2.72. The molecule has 7 heteroatoms. The van der Waals surface area contributed by atoms with Gasteiger partial charge in [-0.15, -0.1) is 0 Å². The number of benzene rings is 3. The molecule has 29 heavy (non-hydrogen) atoms. The highest BCUT2D eigenvalue weighted by molar-refractivity contribution is 6.32. The smallest absolute Gasteiger partial charge is 0.265 e. The topological polar surface area (TPSA) is 81.4 Å². The summed E-state index contributed by atoms with van der Waals surface area (Å²) in [6.07, 6.45) is 1.43. The number of hydrogen-bond donors (Lipinski definition) is 2. The third kappa shape index (κ3) is 5.21. The van der Waals surface area contributed by atoms with E-state index < -0.39 is 17.6 Å². The standard InChI is InChI=1S/C22H16ClFN2O3/c23-17-7-4-8-18(24)20(17)29-16-11-9-14(10-12-16)13-19(21(25)27)26-22(28)15-5-2-1-3-6-15/h1-13H,(H2,25,27)(H,26,28)/b19-13+. The molecule has 0 aliphatic carbocycles. The van der Waals surface area contributed by atoms with Crippen molar-refractivity contribution in [1.82, 2.24) is 5.32 Å². The summed E-state index contributed by atoms with van der Waals surface area (Å²) in [6.45, 7) is 0. The molecule has 0 aliphatic heterocycles. The van der Waals surface area contributed by atoms with Gasteiger partial charge in [0.15, 0.2) is 11.6 Å². The van der Waals surface area contributed by atoms with Gasteiger partial charge in [0.05, 0.1) is 5.02 Å². The molecule has 0 saturated heterocycles. The second-order valence-electron chi connectivity index (χ2n) is 5.96. The molecule has 2 amide bonds. The maximum absolute atomic E-state index is 13.8. The monoisotopic (exact) mass is 410 g/mol. The van der Waals surface area contributed by atoms with Crippen molar-refractivity contribution in [2.24, 2.45) is 5.73 Å². The fourth-order valence-electron chi connectivity index (χ4n) is 2.45. The van der Waals surface area contributed by atoms with Gasteiger partial charge in [-0.25, -0.2) is 4.39 Å². The van der Waals surface area contributed by atoms with E-state index in [1.807, 2.05) is 0 Å². The summed E-state index contributed by atoms with van der Waals surface area (Å²) in [4.78, 5) is 24.0. The van der Waals surface area contributed by atoms with Crippen molar-refractivity contribution in [3.63, 3.8) is 0 Å². The zero-order chi connectivity index (χ0) is 20.8. The predicted octanol–water partition coefficient (Wildman–Crippen LogP) is 4.53. The van der Waals surface area contributed by atoms with Crippen LogP contribution in [0.1, 0.15) is 15.9 Å². The molecule has 0 bridgehead atoms. The lowest BCUT2D eigenvalue weighted by atomic mass is 10.1. The Morgan fingerprint density at radius 2 is 1.66 bits per heavy atom. The van der Waals surface area contributed by atoms with Crippen molar-refractivity contribution in [2.75, 3.05) is 0 Å². The van der Waals surface area contributed by atoms with Gasteiger partial charge in [-0.3, -0.25) is 9.59 Å². The molecule has 3 aromatic carbocycles. The second-order valence-corrected chi connectivity index (χ2v) is 6.37. The average molecular weight is 411 g/mol. The molecule has 146 valence electrons. The molecule has 0 fully saturated rings. The Morgan fingerprint density at radius 3 is 2.28 bits per heavy atom. The molecule has 0 aliphatic rings. The van der Waals surface area contributed by atoms with Crippen molar-refractivity contribution in [2.45, 2.75) is 0 Å². The first-order chi connectivity index (χ1) is 13.9. The number of rotatable bonds is 6. The summed E-state index contributed by atoms with van der Waals surface area (Å²) in [5.41, 5.74) is 6.28. The normalized spacial score (nSPS) is 11.0. The van der Waals surface area contributed by atoms with Crippen molar-refractivity contribution in [3.8, 4) is 11.5 Å². The Balaban J connectivity index is 1.77. The van der Waals surface area contributed by atoms with Crippen LogP contribution in [0, 0.1) is 5.82 Å². The minimum absolute atomic E-state index is 0.0651. The molecule has 0 radical (unpaired) electrons. The Hall–Kier alpha value is -3.64. The molecule has 5 nitrogen and oxygen atoms in total. The number of ether oxygens (including phenoxy) is 1. The second kappa shape index (κ2) is 9.03. The first-order valence-corrected chi connectivity index (χ1v) is 8.91. The zero-order valence-electron chi connectivity index (χ0n) is 15.1. The van der Waals surface area contributed by atoms with Gasteiger partial charge in [-0.2, -0.15) is 0 Å². The fraction of sp³-hybridized carbons (Fsp3) is 0. The van der Waals surface area contributed by atoms with Gasteiger partial charge in [0.2, 0.25) is 0 Å². The molecular formula is C22H16ClFN2O3. The number of carbonyl (C=O) groups is 2. The number of hydrogen-bond acceptors (Lipinski definition) is 3. The third-order valence-electron chi connectivity index (χ3n) is 3.88. The molecule has 0 aromatic heterocycles. The summed E-state index contributed by atoms with van der Waals surface area (Å²) in [5, 5.41) is 2.65. The van der Waals surface area contributed by atoms with Crippen LogP contribution >= 0.6 is 11.6 Å². The summed E-state index contributed by atoms with van der Waals surface area (Å²) in [6, 6.07) is 19.1. The van der Waals surface area contributed by atoms with Crippen LogP contribution in [-0.4, -0.2) is 11.8 Å². The van der Waals surface area contributed by atoms with E-state index in [4.69, 9.17) is 22.1 Å². The van der Waals surface area contributed by atoms with E-state index in [0.717, 1.165) is 0 Å². The lowest BCUT2D eigenvalue weighted by molar-refractivity contribution is -0.114.